The molecule has 2 heterocycles. The van der Waals surface area contributed by atoms with Crippen molar-refractivity contribution in [1.82, 2.24) is 14.7 Å². The molecule has 1 aliphatic rings. The van der Waals surface area contributed by atoms with Crippen LogP contribution in [0.5, 0.6) is 0 Å². The molecule has 0 spiro atoms. The predicted molar refractivity (Wildman–Crippen MR) is 203 cm³/mol. The number of aromatic nitrogens is 2. The largest absolute Gasteiger partial charge is 0.481 e. The van der Waals surface area contributed by atoms with E-state index in [-0.39, 0.29) is 79.2 Å². The molecule has 0 saturated carbocycles. The molecule has 1 aliphatic heterocycles. The van der Waals surface area contributed by atoms with Gasteiger partial charge in [0.05, 0.1) is 63.0 Å². The van der Waals surface area contributed by atoms with Crippen molar-refractivity contribution >= 4 is 40.9 Å². The molecule has 57 heavy (non-hydrogen) atoms. The number of quaternary nitrogens is 1. The normalized spacial score (nSPS) is 13.0. The van der Waals surface area contributed by atoms with Crippen LogP contribution in [0.4, 0.5) is 30.4 Å². The second kappa shape index (κ2) is 20.5. The minimum atomic E-state index is -4.53. The Bertz CT molecular complexity index is 2000. The minimum Gasteiger partial charge on any atom is -0.481 e. The van der Waals surface area contributed by atoms with Crippen molar-refractivity contribution in [3.05, 3.63) is 101 Å². The lowest BCUT2D eigenvalue weighted by atomic mass is 10.1. The second-order valence-corrected chi connectivity index (χ2v) is 13.3. The summed E-state index contributed by atoms with van der Waals surface area (Å²) in [4.78, 5) is 54.8. The molecule has 0 unspecified atom stereocenters. The fourth-order valence-corrected chi connectivity index (χ4v) is 6.00. The predicted octanol–water partition coefficient (Wildman–Crippen LogP) is 4.77. The van der Waals surface area contributed by atoms with E-state index in [0.29, 0.717) is 13.2 Å². The summed E-state index contributed by atoms with van der Waals surface area (Å²) in [5.41, 5.74) is 1.06. The van der Waals surface area contributed by atoms with E-state index >= 15 is 0 Å². The van der Waals surface area contributed by atoms with Crippen molar-refractivity contribution in [1.29, 1.82) is 0 Å². The number of amides is 3. The summed E-state index contributed by atoms with van der Waals surface area (Å²) in [7, 11) is 1.62. The molecule has 304 valence electrons. The van der Waals surface area contributed by atoms with Crippen LogP contribution in [0.1, 0.15) is 62.3 Å². The van der Waals surface area contributed by atoms with E-state index in [1.807, 2.05) is 6.07 Å². The first-order chi connectivity index (χ1) is 27.4. The van der Waals surface area contributed by atoms with Gasteiger partial charge in [0.15, 0.2) is 0 Å². The van der Waals surface area contributed by atoms with Gasteiger partial charge >= 0.3 is 18.1 Å². The van der Waals surface area contributed by atoms with Crippen molar-refractivity contribution in [2.45, 2.75) is 31.9 Å². The summed E-state index contributed by atoms with van der Waals surface area (Å²) >= 11 is 0. The van der Waals surface area contributed by atoms with E-state index in [1.54, 1.807) is 37.4 Å². The summed E-state index contributed by atoms with van der Waals surface area (Å²) in [6.07, 6.45) is -0.0197. The van der Waals surface area contributed by atoms with Crippen molar-refractivity contribution in [3.63, 3.8) is 0 Å². The maximum atomic E-state index is 13.9. The lowest BCUT2D eigenvalue weighted by molar-refractivity contribution is -0.468. The second-order valence-electron chi connectivity index (χ2n) is 13.3. The van der Waals surface area contributed by atoms with E-state index in [2.05, 4.69) is 15.3 Å². The number of primary amides is 1. The number of hydrogen-bond acceptors (Lipinski definition) is 9. The first-order valence-corrected chi connectivity index (χ1v) is 18.5. The molecule has 0 bridgehead atoms. The van der Waals surface area contributed by atoms with Crippen molar-refractivity contribution in [2.24, 2.45) is 0 Å². The first kappa shape index (κ1) is 42.5. The maximum absolute atomic E-state index is 13.9. The van der Waals surface area contributed by atoms with Gasteiger partial charge in [-0.3, -0.25) is 14.4 Å². The molecule has 1 aromatic heterocycles. The number of carbonyl (C=O) groups excluding carboxylic acids is 3. The number of piperidine rings is 1. The van der Waals surface area contributed by atoms with E-state index in [4.69, 9.17) is 19.3 Å². The van der Waals surface area contributed by atoms with Crippen LogP contribution < -0.4 is 15.5 Å². The van der Waals surface area contributed by atoms with Gasteiger partial charge in [-0.25, -0.2) is 14.8 Å². The number of halogens is 3. The zero-order valence-electron chi connectivity index (χ0n) is 31.5. The molecular weight excluding hydrogens is 749 g/mol. The Hall–Kier alpha value is -5.62. The van der Waals surface area contributed by atoms with Crippen LogP contribution in [0.15, 0.2) is 79.0 Å². The number of carboxylic acids is 1. The Morgan fingerprint density at radius 2 is 1.51 bits per heavy atom. The average molecular weight is 796 g/mol. The Balaban J connectivity index is 1.20. The van der Waals surface area contributed by atoms with Crippen molar-refractivity contribution in [3.8, 4) is 5.69 Å². The Morgan fingerprint density at radius 1 is 0.825 bits per heavy atom. The molecule has 17 heteroatoms. The highest BCUT2D eigenvalue weighted by molar-refractivity contribution is 6.09. The Morgan fingerprint density at radius 3 is 2.23 bits per heavy atom. The van der Waals surface area contributed by atoms with Gasteiger partial charge < -0.3 is 34.4 Å². The molecule has 3 amide bonds. The van der Waals surface area contributed by atoms with Gasteiger partial charge in [-0.1, -0.05) is 12.1 Å². The summed E-state index contributed by atoms with van der Waals surface area (Å²) in [5.74, 6) is -2.06. The molecule has 4 aromatic rings. The van der Waals surface area contributed by atoms with Crippen LogP contribution in [-0.4, -0.2) is 110 Å². The molecule has 5 rings (SSSR count). The average Bonchev–Trinajstić information content (AvgIpc) is 3.68. The van der Waals surface area contributed by atoms with Crippen LogP contribution in [0.2, 0.25) is 0 Å². The minimum absolute atomic E-state index is 0.0693. The fraction of sp³-hybridized carbons (Fsp3) is 0.375. The molecule has 4 N–H and O–H groups in total. The molecule has 1 fully saturated rings. The van der Waals surface area contributed by atoms with Gasteiger partial charge in [-0.2, -0.15) is 13.2 Å². The van der Waals surface area contributed by atoms with Gasteiger partial charge in [0.25, 0.3) is 17.6 Å². The number of rotatable bonds is 19. The van der Waals surface area contributed by atoms with Gasteiger partial charge in [-0.05, 0) is 73.9 Å². The number of benzene rings is 3. The third-order valence-electron chi connectivity index (χ3n) is 9.06. The number of carbonyl (C=O) groups is 4. The lowest BCUT2D eigenvalue weighted by Gasteiger charge is -2.29. The quantitative estimate of drug-likeness (QED) is 0.113. The Labute approximate surface area is 327 Å². The third kappa shape index (κ3) is 12.7. The molecule has 1 saturated heterocycles. The molecule has 3 aromatic carbocycles. The van der Waals surface area contributed by atoms with Crippen LogP contribution in [-0.2, 0) is 25.2 Å². The van der Waals surface area contributed by atoms with Gasteiger partial charge in [0.2, 0.25) is 0 Å². The SMILES string of the molecule is CN(CCOCCOCCOCCC(=O)O)C(=O)c1cccc(C(=O)Nc2ccc(N3CCCCC3)cc2C(=O)[NH2+]c2ccn(-c3cccc(C(F)(F)F)c3)n2)c1. The number of nitrogens with one attached hydrogen (secondary N) is 1. The number of alkyl halides is 3. The number of ether oxygens (including phenoxy) is 3. The topological polar surface area (TPSA) is 169 Å². The highest BCUT2D eigenvalue weighted by Gasteiger charge is 2.31. The van der Waals surface area contributed by atoms with Gasteiger partial charge in [0.1, 0.15) is 5.56 Å². The summed E-state index contributed by atoms with van der Waals surface area (Å²) in [6.45, 7) is 3.43. The third-order valence-corrected chi connectivity index (χ3v) is 9.06. The molecule has 0 atom stereocenters. The highest BCUT2D eigenvalue weighted by Crippen LogP contribution is 2.30. The molecule has 0 radical (unpaired) electrons. The fourth-order valence-electron chi connectivity index (χ4n) is 6.00. The summed E-state index contributed by atoms with van der Waals surface area (Å²) in [5, 5.41) is 17.0. The van der Waals surface area contributed by atoms with E-state index in [0.717, 1.165) is 50.2 Å². The number of carboxylic acid groups (broad SMARTS) is 1. The van der Waals surface area contributed by atoms with Crippen molar-refractivity contribution < 1.29 is 57.0 Å². The zero-order chi connectivity index (χ0) is 40.8. The first-order valence-electron chi connectivity index (χ1n) is 18.5. The van der Waals surface area contributed by atoms with E-state index in [9.17, 15) is 32.3 Å². The number of aliphatic carboxylic acids is 1. The van der Waals surface area contributed by atoms with Crippen molar-refractivity contribution in [2.75, 3.05) is 76.5 Å². The zero-order valence-corrected chi connectivity index (χ0v) is 31.5. The maximum Gasteiger partial charge on any atom is 0.416 e. The highest BCUT2D eigenvalue weighted by atomic mass is 19.4. The monoisotopic (exact) mass is 795 g/mol. The Kier molecular flexibility index (Phi) is 15.3. The number of nitrogens with two attached hydrogens (primary N) is 1. The van der Waals surface area contributed by atoms with Crippen LogP contribution in [0.25, 0.3) is 5.69 Å². The van der Waals surface area contributed by atoms with Crippen LogP contribution >= 0.6 is 0 Å². The standard InChI is InChI=1S/C40H45F3N6O8/c1-47(18-20-56-22-24-57-23-21-55-19-14-36(50)51)39(54)29-8-5-7-28(25-29)37(52)44-34-12-11-31(48-15-3-2-4-16-48)27-33(34)38(53)45-35-13-17-49(46-35)32-10-6-9-30(26-32)40(41,42)43/h5-13,17,25-27H,2-4,14-16,18-24H2,1H3,(H,44,52)(H,50,51)(H,45,46,53)/p+1. The molecule has 0 aliphatic carbocycles. The van der Waals surface area contributed by atoms with Crippen LogP contribution in [0.3, 0.4) is 0 Å². The number of anilines is 2. The molecular formula is C40H46F3N6O8+. The smallest absolute Gasteiger partial charge is 0.416 e. The number of likely N-dealkylation sites (N-methyl/N-ethyl adjacent to an activating group) is 1. The number of nitrogens with zero attached hydrogens (tertiary/aromatic N) is 4. The van der Waals surface area contributed by atoms with Crippen LogP contribution in [0, 0.1) is 0 Å². The van der Waals surface area contributed by atoms with Gasteiger partial charge in [-0.15, -0.1) is 5.10 Å². The number of hydrogen-bond donors (Lipinski definition) is 3. The summed E-state index contributed by atoms with van der Waals surface area (Å²) in [6, 6.07) is 17.6. The van der Waals surface area contributed by atoms with E-state index < -0.39 is 29.5 Å². The summed E-state index contributed by atoms with van der Waals surface area (Å²) < 4.78 is 57.3. The van der Waals surface area contributed by atoms with E-state index in [1.165, 1.54) is 45.4 Å². The lowest BCUT2D eigenvalue weighted by Crippen LogP contribution is -2.82. The molecule has 14 nitrogen and oxygen atoms in total. The van der Waals surface area contributed by atoms with Gasteiger partial charge in [0, 0.05) is 55.8 Å².